The first-order valence-electron chi connectivity index (χ1n) is 10.3. The minimum absolute atomic E-state index is 0.0260. The van der Waals surface area contributed by atoms with Gasteiger partial charge in [-0.2, -0.15) is 4.98 Å². The molecule has 0 atom stereocenters. The van der Waals surface area contributed by atoms with Crippen molar-refractivity contribution in [1.82, 2.24) is 15.3 Å². The van der Waals surface area contributed by atoms with Crippen LogP contribution in [0.3, 0.4) is 0 Å². The maximum Gasteiger partial charge on any atom is 0.251 e. The zero-order valence-corrected chi connectivity index (χ0v) is 17.7. The summed E-state index contributed by atoms with van der Waals surface area (Å²) < 4.78 is 5.43. The summed E-state index contributed by atoms with van der Waals surface area (Å²) in [6.07, 6.45) is 5.68. The summed E-state index contributed by atoms with van der Waals surface area (Å²) in [5.74, 6) is 2.35. The molecule has 1 amide bonds. The molecule has 0 radical (unpaired) electrons. The summed E-state index contributed by atoms with van der Waals surface area (Å²) in [6, 6.07) is 7.82. The quantitative estimate of drug-likeness (QED) is 0.745. The average Bonchev–Trinajstić information content (AvgIpc) is 2.71. The van der Waals surface area contributed by atoms with Crippen LogP contribution in [0.15, 0.2) is 30.5 Å². The molecule has 7 heteroatoms. The van der Waals surface area contributed by atoms with Gasteiger partial charge in [0.25, 0.3) is 5.91 Å². The van der Waals surface area contributed by atoms with Crippen LogP contribution < -0.4 is 20.3 Å². The molecule has 0 unspecified atom stereocenters. The van der Waals surface area contributed by atoms with E-state index in [4.69, 9.17) is 4.74 Å². The van der Waals surface area contributed by atoms with Crippen molar-refractivity contribution in [3.63, 3.8) is 0 Å². The highest BCUT2D eigenvalue weighted by molar-refractivity contribution is 5.94. The van der Waals surface area contributed by atoms with Gasteiger partial charge in [-0.05, 0) is 63.8 Å². The fourth-order valence-electron chi connectivity index (χ4n) is 3.66. The molecule has 1 saturated carbocycles. The Morgan fingerprint density at radius 2 is 1.79 bits per heavy atom. The van der Waals surface area contributed by atoms with Gasteiger partial charge in [-0.1, -0.05) is 0 Å². The normalized spacial score (nSPS) is 18.8. The summed E-state index contributed by atoms with van der Waals surface area (Å²) in [4.78, 5) is 23.5. The van der Waals surface area contributed by atoms with Crippen molar-refractivity contribution in [3.05, 3.63) is 41.6 Å². The highest BCUT2D eigenvalue weighted by Gasteiger charge is 2.23. The summed E-state index contributed by atoms with van der Waals surface area (Å²) >= 11 is 0. The minimum atomic E-state index is -0.0260. The van der Waals surface area contributed by atoms with Crippen molar-refractivity contribution in [2.24, 2.45) is 0 Å². The van der Waals surface area contributed by atoms with E-state index >= 15 is 0 Å². The smallest absolute Gasteiger partial charge is 0.251 e. The number of nitrogens with zero attached hydrogens (tertiary/aromatic N) is 3. The molecular weight excluding hydrogens is 366 g/mol. The highest BCUT2D eigenvalue weighted by atomic mass is 16.5. The lowest BCUT2D eigenvalue weighted by Gasteiger charge is -2.30. The van der Waals surface area contributed by atoms with Crippen molar-refractivity contribution >= 4 is 17.7 Å². The predicted octanol–water partition coefficient (Wildman–Crippen LogP) is 3.40. The molecule has 1 aromatic heterocycles. The first-order chi connectivity index (χ1) is 14.0. The van der Waals surface area contributed by atoms with Gasteiger partial charge in [0.15, 0.2) is 0 Å². The van der Waals surface area contributed by atoms with Crippen LogP contribution in [-0.2, 0) is 0 Å². The van der Waals surface area contributed by atoms with Crippen LogP contribution in [0.1, 0.15) is 48.5 Å². The summed E-state index contributed by atoms with van der Waals surface area (Å²) in [7, 11) is 3.97. The molecule has 1 aliphatic carbocycles. The number of anilines is 2. The second kappa shape index (κ2) is 9.58. The molecule has 2 N–H and O–H groups in total. The van der Waals surface area contributed by atoms with E-state index in [0.29, 0.717) is 24.2 Å². The van der Waals surface area contributed by atoms with E-state index in [1.54, 1.807) is 0 Å². The topological polar surface area (TPSA) is 79.4 Å². The van der Waals surface area contributed by atoms with Crippen molar-refractivity contribution in [1.29, 1.82) is 0 Å². The number of rotatable bonds is 7. The number of hydrogen-bond acceptors (Lipinski definition) is 6. The maximum atomic E-state index is 12.5. The molecule has 0 bridgehead atoms. The fourth-order valence-corrected chi connectivity index (χ4v) is 3.66. The van der Waals surface area contributed by atoms with Crippen LogP contribution in [0.4, 0.5) is 11.8 Å². The zero-order valence-electron chi connectivity index (χ0n) is 17.7. The van der Waals surface area contributed by atoms with Gasteiger partial charge >= 0.3 is 0 Å². The first-order valence-corrected chi connectivity index (χ1v) is 10.3. The van der Waals surface area contributed by atoms with Crippen LogP contribution in [-0.4, -0.2) is 48.7 Å². The molecular formula is C22H31N5O2. The number of nitrogens with one attached hydrogen (secondary N) is 2. The van der Waals surface area contributed by atoms with Crippen molar-refractivity contribution in [2.45, 2.75) is 51.6 Å². The Morgan fingerprint density at radius 3 is 2.41 bits per heavy atom. The molecule has 7 nitrogen and oxygen atoms in total. The number of amides is 1. The van der Waals surface area contributed by atoms with Crippen molar-refractivity contribution in [2.75, 3.05) is 30.9 Å². The molecule has 1 aliphatic rings. The number of hydrogen-bond donors (Lipinski definition) is 2. The number of carbonyl (C=O) groups excluding carboxylic acids is 1. The molecule has 0 aliphatic heterocycles. The molecule has 3 rings (SSSR count). The van der Waals surface area contributed by atoms with Crippen LogP contribution in [0.5, 0.6) is 5.75 Å². The lowest BCUT2D eigenvalue weighted by atomic mass is 9.91. The average molecular weight is 398 g/mol. The van der Waals surface area contributed by atoms with Gasteiger partial charge in [0.1, 0.15) is 11.6 Å². The summed E-state index contributed by atoms with van der Waals surface area (Å²) in [5.41, 5.74) is 1.72. The number of aryl methyl sites for hydroxylation is 1. The third-order valence-electron chi connectivity index (χ3n) is 5.19. The van der Waals surface area contributed by atoms with E-state index in [0.717, 1.165) is 42.8 Å². The Bertz CT molecular complexity index is 814. The zero-order chi connectivity index (χ0) is 20.8. The Hall–Kier alpha value is -2.83. The van der Waals surface area contributed by atoms with Gasteiger partial charge in [0.2, 0.25) is 5.95 Å². The second-order valence-corrected chi connectivity index (χ2v) is 7.72. The van der Waals surface area contributed by atoms with E-state index in [-0.39, 0.29) is 11.9 Å². The lowest BCUT2D eigenvalue weighted by Crippen LogP contribution is -2.40. The van der Waals surface area contributed by atoms with Crippen molar-refractivity contribution in [3.8, 4) is 5.75 Å². The highest BCUT2D eigenvalue weighted by Crippen LogP contribution is 2.23. The lowest BCUT2D eigenvalue weighted by molar-refractivity contribution is 0.0926. The molecule has 29 heavy (non-hydrogen) atoms. The Labute approximate surface area is 172 Å². The fraction of sp³-hybridized carbons (Fsp3) is 0.500. The monoisotopic (exact) mass is 397 g/mol. The van der Waals surface area contributed by atoms with Gasteiger partial charge in [0, 0.05) is 43.5 Å². The number of aromatic nitrogens is 2. The third-order valence-corrected chi connectivity index (χ3v) is 5.19. The molecule has 1 heterocycles. The molecule has 2 aromatic rings. The summed E-state index contributed by atoms with van der Waals surface area (Å²) in [5, 5.41) is 6.61. The Balaban J connectivity index is 1.49. The van der Waals surface area contributed by atoms with Crippen LogP contribution in [0, 0.1) is 6.92 Å². The van der Waals surface area contributed by atoms with E-state index < -0.39 is 0 Å². The van der Waals surface area contributed by atoms with E-state index in [2.05, 4.69) is 20.6 Å². The van der Waals surface area contributed by atoms with Gasteiger partial charge in [0.05, 0.1) is 6.61 Å². The molecule has 0 saturated heterocycles. The van der Waals surface area contributed by atoms with Crippen LogP contribution >= 0.6 is 0 Å². The third kappa shape index (κ3) is 5.59. The Kier molecular flexibility index (Phi) is 6.90. The van der Waals surface area contributed by atoms with Crippen LogP contribution in [0.25, 0.3) is 0 Å². The van der Waals surface area contributed by atoms with Gasteiger partial charge in [-0.15, -0.1) is 0 Å². The standard InChI is InChI=1S/C22H31N5O2/c1-5-29-19-12-6-16(7-13-19)21(28)24-17-8-10-18(11-9-17)25-22-23-14-15(2)20(26-22)27(3)4/h6-7,12-14,17-18H,5,8-11H2,1-4H3,(H,24,28)(H,23,25,26)/t17-,18+. The van der Waals surface area contributed by atoms with E-state index in [1.807, 2.05) is 63.3 Å². The van der Waals surface area contributed by atoms with Crippen LogP contribution in [0.2, 0.25) is 0 Å². The first kappa shape index (κ1) is 20.9. The minimum Gasteiger partial charge on any atom is -0.494 e. The largest absolute Gasteiger partial charge is 0.494 e. The SMILES string of the molecule is CCOc1ccc(C(=O)N[C@H]2CC[C@@H](Nc3ncc(C)c(N(C)C)n3)CC2)cc1. The molecule has 156 valence electrons. The predicted molar refractivity (Wildman–Crippen MR) is 116 cm³/mol. The van der Waals surface area contributed by atoms with E-state index in [1.165, 1.54) is 0 Å². The molecule has 1 aromatic carbocycles. The van der Waals surface area contributed by atoms with Gasteiger partial charge < -0.3 is 20.3 Å². The number of ether oxygens (including phenoxy) is 1. The molecule has 0 spiro atoms. The van der Waals surface area contributed by atoms with Crippen molar-refractivity contribution < 1.29 is 9.53 Å². The number of benzene rings is 1. The summed E-state index contributed by atoms with van der Waals surface area (Å²) in [6.45, 7) is 4.57. The number of carbonyl (C=O) groups is 1. The van der Waals surface area contributed by atoms with Gasteiger partial charge in [-0.3, -0.25) is 4.79 Å². The van der Waals surface area contributed by atoms with E-state index in [9.17, 15) is 4.79 Å². The maximum absolute atomic E-state index is 12.5. The van der Waals surface area contributed by atoms with Gasteiger partial charge in [-0.25, -0.2) is 4.98 Å². The molecule has 1 fully saturated rings. The Morgan fingerprint density at radius 1 is 1.14 bits per heavy atom. The second-order valence-electron chi connectivity index (χ2n) is 7.72.